The summed E-state index contributed by atoms with van der Waals surface area (Å²) >= 11 is 1.85. The summed E-state index contributed by atoms with van der Waals surface area (Å²) in [4.78, 5) is 5.86. The van der Waals surface area contributed by atoms with E-state index in [2.05, 4.69) is 47.3 Å². The van der Waals surface area contributed by atoms with Crippen molar-refractivity contribution in [2.24, 2.45) is 0 Å². The van der Waals surface area contributed by atoms with E-state index in [0.29, 0.717) is 5.75 Å². The van der Waals surface area contributed by atoms with Crippen molar-refractivity contribution in [2.75, 3.05) is 11.9 Å². The number of hydrogen-bond donors (Lipinski definition) is 1. The van der Waals surface area contributed by atoms with Gasteiger partial charge >= 0.3 is 0 Å². The van der Waals surface area contributed by atoms with Crippen molar-refractivity contribution >= 4 is 23.1 Å². The Kier molecular flexibility index (Phi) is 2.47. The summed E-state index contributed by atoms with van der Waals surface area (Å²) in [5, 5.41) is 9.66. The predicted molar refractivity (Wildman–Crippen MR) is 82.4 cm³/mol. The van der Waals surface area contributed by atoms with Gasteiger partial charge in [0, 0.05) is 23.7 Å². The monoisotopic (exact) mass is 282 g/mol. The molecule has 4 heteroatoms. The summed E-state index contributed by atoms with van der Waals surface area (Å²) in [5.74, 6) is 0.303. The van der Waals surface area contributed by atoms with Crippen LogP contribution in [0.4, 0.5) is 5.69 Å². The van der Waals surface area contributed by atoms with Gasteiger partial charge in [-0.15, -0.1) is 0 Å². The quantitative estimate of drug-likeness (QED) is 0.865. The summed E-state index contributed by atoms with van der Waals surface area (Å²) < 4.78 is 0. The smallest absolute Gasteiger partial charge is 0.159 e. The van der Waals surface area contributed by atoms with Crippen molar-refractivity contribution in [1.29, 1.82) is 0 Å². The highest BCUT2D eigenvalue weighted by molar-refractivity contribution is 8.00. The topological polar surface area (TPSA) is 26.7 Å². The zero-order chi connectivity index (χ0) is 13.7. The average molecular weight is 282 g/mol. The van der Waals surface area contributed by atoms with Crippen LogP contribution in [0.3, 0.4) is 0 Å². The maximum Gasteiger partial charge on any atom is 0.159 e. The molecule has 100 valence electrons. The van der Waals surface area contributed by atoms with Crippen LogP contribution in [0, 0.1) is 0 Å². The summed E-state index contributed by atoms with van der Waals surface area (Å²) in [5.41, 5.74) is 3.70. The van der Waals surface area contributed by atoms with Gasteiger partial charge in [0.15, 0.2) is 5.50 Å². The molecule has 2 aliphatic rings. The zero-order valence-corrected chi connectivity index (χ0v) is 11.8. The Morgan fingerprint density at radius 2 is 1.95 bits per heavy atom. The van der Waals surface area contributed by atoms with Crippen molar-refractivity contribution < 1.29 is 5.11 Å². The molecule has 0 saturated carbocycles. The molecule has 0 amide bonds. The maximum atomic E-state index is 9.66. The van der Waals surface area contributed by atoms with Crippen LogP contribution < -0.4 is 4.90 Å². The van der Waals surface area contributed by atoms with Gasteiger partial charge in [-0.1, -0.05) is 36.0 Å². The summed E-state index contributed by atoms with van der Waals surface area (Å²) in [6.45, 7) is 0. The number of fused-ring (bicyclic) bond motifs is 3. The molecule has 1 atom stereocenters. The third-order valence-corrected chi connectivity index (χ3v) is 5.08. The second-order valence-electron chi connectivity index (χ2n) is 4.99. The van der Waals surface area contributed by atoms with E-state index >= 15 is 0 Å². The van der Waals surface area contributed by atoms with Gasteiger partial charge in [-0.05, 0) is 24.3 Å². The van der Waals surface area contributed by atoms with E-state index in [4.69, 9.17) is 0 Å². The molecule has 0 radical (unpaired) electrons. The van der Waals surface area contributed by atoms with Crippen molar-refractivity contribution in [3.8, 4) is 5.75 Å². The number of benzene rings is 2. The van der Waals surface area contributed by atoms with Crippen LogP contribution in [0.1, 0.15) is 5.56 Å². The van der Waals surface area contributed by atoms with Crippen LogP contribution in [0.5, 0.6) is 5.75 Å². The Morgan fingerprint density at radius 3 is 2.80 bits per heavy atom. The maximum absolute atomic E-state index is 9.66. The molecule has 0 saturated heterocycles. The first kappa shape index (κ1) is 11.7. The third kappa shape index (κ3) is 1.61. The van der Waals surface area contributed by atoms with Crippen molar-refractivity contribution in [3.05, 3.63) is 60.3 Å². The molecule has 1 N–H and O–H groups in total. The number of phenols is 1. The van der Waals surface area contributed by atoms with Gasteiger partial charge in [0.2, 0.25) is 0 Å². The molecular formula is C16H14N2OS. The molecule has 0 aromatic heterocycles. The van der Waals surface area contributed by atoms with E-state index in [-0.39, 0.29) is 5.50 Å². The lowest BCUT2D eigenvalue weighted by molar-refractivity contribution is 0.471. The van der Waals surface area contributed by atoms with Crippen LogP contribution in [0.2, 0.25) is 0 Å². The van der Waals surface area contributed by atoms with Crippen LogP contribution >= 0.6 is 11.8 Å². The highest BCUT2D eigenvalue weighted by Crippen LogP contribution is 2.49. The molecule has 3 nitrogen and oxygen atoms in total. The fourth-order valence-electron chi connectivity index (χ4n) is 2.74. The molecule has 2 heterocycles. The average Bonchev–Trinajstić information content (AvgIpc) is 2.97. The fraction of sp³-hybridized carbons (Fsp3) is 0.125. The zero-order valence-electron chi connectivity index (χ0n) is 11.0. The number of nitrogens with zero attached hydrogens (tertiary/aromatic N) is 2. The second kappa shape index (κ2) is 4.21. The number of rotatable bonds is 1. The predicted octanol–water partition coefficient (Wildman–Crippen LogP) is 3.53. The second-order valence-corrected chi connectivity index (χ2v) is 6.09. The van der Waals surface area contributed by atoms with Crippen LogP contribution in [-0.4, -0.2) is 22.6 Å². The number of anilines is 1. The van der Waals surface area contributed by atoms with Gasteiger partial charge in [0.05, 0.1) is 11.4 Å². The molecule has 20 heavy (non-hydrogen) atoms. The molecule has 0 bridgehead atoms. The Hall–Kier alpha value is -2.07. The highest BCUT2D eigenvalue weighted by Gasteiger charge is 2.38. The standard InChI is InChI=1S/C16H14N2OS/c1-17-14(11-5-4-6-12(19)9-11)10-18-13-7-2-3-8-15(13)20-16(17)18/h2-10,16,19H,1H3. The van der Waals surface area contributed by atoms with E-state index in [1.807, 2.05) is 23.9 Å². The molecule has 2 aromatic rings. The van der Waals surface area contributed by atoms with Gasteiger partial charge in [-0.25, -0.2) is 0 Å². The molecular weight excluding hydrogens is 268 g/mol. The number of hydrogen-bond acceptors (Lipinski definition) is 4. The minimum Gasteiger partial charge on any atom is -0.508 e. The van der Waals surface area contributed by atoms with Crippen LogP contribution in [0.15, 0.2) is 59.6 Å². The van der Waals surface area contributed by atoms with E-state index in [0.717, 1.165) is 11.3 Å². The lowest BCUT2D eigenvalue weighted by Gasteiger charge is -2.24. The van der Waals surface area contributed by atoms with E-state index in [9.17, 15) is 5.11 Å². The Labute approximate surface area is 122 Å². The summed E-state index contributed by atoms with van der Waals surface area (Å²) in [7, 11) is 2.10. The lowest BCUT2D eigenvalue weighted by Crippen LogP contribution is -2.30. The first-order chi connectivity index (χ1) is 9.74. The Balaban J connectivity index is 1.78. The SMILES string of the molecule is CN1C(c2cccc(O)c2)=CN2c3ccccc3SC12. The van der Waals surface area contributed by atoms with Crippen LogP contribution in [-0.2, 0) is 0 Å². The van der Waals surface area contributed by atoms with Gasteiger partial charge in [-0.2, -0.15) is 0 Å². The minimum atomic E-state index is 0.268. The van der Waals surface area contributed by atoms with Crippen molar-refractivity contribution in [1.82, 2.24) is 4.90 Å². The lowest BCUT2D eigenvalue weighted by atomic mass is 10.1. The number of thioether (sulfide) groups is 1. The van der Waals surface area contributed by atoms with Crippen molar-refractivity contribution in [3.63, 3.8) is 0 Å². The molecule has 0 spiro atoms. The minimum absolute atomic E-state index is 0.268. The molecule has 4 rings (SSSR count). The number of aromatic hydroxyl groups is 1. The van der Waals surface area contributed by atoms with Crippen LogP contribution in [0.25, 0.3) is 5.70 Å². The first-order valence-electron chi connectivity index (χ1n) is 6.52. The first-order valence-corrected chi connectivity index (χ1v) is 7.40. The van der Waals surface area contributed by atoms with E-state index < -0.39 is 0 Å². The largest absolute Gasteiger partial charge is 0.508 e. The van der Waals surface area contributed by atoms with Gasteiger partial charge in [-0.3, -0.25) is 0 Å². The van der Waals surface area contributed by atoms with E-state index in [1.54, 1.807) is 12.1 Å². The van der Waals surface area contributed by atoms with Gasteiger partial charge in [0.1, 0.15) is 5.75 Å². The summed E-state index contributed by atoms with van der Waals surface area (Å²) in [6, 6.07) is 15.9. The molecule has 0 fully saturated rings. The van der Waals surface area contributed by atoms with Gasteiger partial charge in [0.25, 0.3) is 0 Å². The Bertz CT molecular complexity index is 713. The number of para-hydroxylation sites is 1. The fourth-order valence-corrected chi connectivity index (χ4v) is 3.98. The normalized spacial score (nSPS) is 19.9. The molecule has 2 aromatic carbocycles. The highest BCUT2D eigenvalue weighted by atomic mass is 32.2. The third-order valence-electron chi connectivity index (χ3n) is 3.73. The molecule has 0 aliphatic carbocycles. The Morgan fingerprint density at radius 1 is 1.10 bits per heavy atom. The summed E-state index contributed by atoms with van der Waals surface area (Å²) in [6.07, 6.45) is 2.16. The number of phenolic OH excluding ortho intramolecular Hbond substituents is 1. The molecule has 1 unspecified atom stereocenters. The van der Waals surface area contributed by atoms with E-state index in [1.165, 1.54) is 10.6 Å². The molecule has 2 aliphatic heterocycles. The van der Waals surface area contributed by atoms with Crippen molar-refractivity contribution in [2.45, 2.75) is 10.4 Å². The van der Waals surface area contributed by atoms with Gasteiger partial charge < -0.3 is 14.9 Å².